The molecule has 3 N–H and O–H groups in total. The van der Waals surface area contributed by atoms with Gasteiger partial charge in [-0.1, -0.05) is 11.6 Å². The van der Waals surface area contributed by atoms with Crippen molar-refractivity contribution in [2.45, 2.75) is 4.90 Å². The van der Waals surface area contributed by atoms with Crippen molar-refractivity contribution < 1.29 is 8.42 Å². The molecule has 0 spiro atoms. The summed E-state index contributed by atoms with van der Waals surface area (Å²) in [5.41, 5.74) is 7.44. The van der Waals surface area contributed by atoms with E-state index in [1.807, 2.05) is 6.07 Å². The summed E-state index contributed by atoms with van der Waals surface area (Å²) in [6, 6.07) is 3.44. The molecule has 2 aromatic heterocycles. The third-order valence-electron chi connectivity index (χ3n) is 3.01. The number of aromatic amines is 1. The van der Waals surface area contributed by atoms with Crippen LogP contribution in [0.15, 0.2) is 29.4 Å². The van der Waals surface area contributed by atoms with Crippen LogP contribution in [0.2, 0.25) is 5.02 Å². The summed E-state index contributed by atoms with van der Waals surface area (Å²) in [6.45, 7) is 0. The van der Waals surface area contributed by atoms with E-state index in [4.69, 9.17) is 17.3 Å². The number of anilines is 1. The Morgan fingerprint density at radius 3 is 2.79 bits per heavy atom. The molecule has 1 aromatic carbocycles. The average Bonchev–Trinajstić information content (AvgIpc) is 2.67. The number of hydrogen-bond donors (Lipinski definition) is 2. The van der Waals surface area contributed by atoms with Crippen LogP contribution in [0.5, 0.6) is 0 Å². The molecule has 7 heteroatoms. The minimum absolute atomic E-state index is 0.0406. The van der Waals surface area contributed by atoms with Gasteiger partial charge in [0.1, 0.15) is 4.90 Å². The zero-order chi connectivity index (χ0) is 13.8. The summed E-state index contributed by atoms with van der Waals surface area (Å²) in [5.74, 6) is 0. The Morgan fingerprint density at radius 2 is 2.11 bits per heavy atom. The maximum Gasteiger partial charge on any atom is 0.179 e. The van der Waals surface area contributed by atoms with Gasteiger partial charge in [0.15, 0.2) is 9.84 Å². The van der Waals surface area contributed by atoms with Crippen LogP contribution in [0.4, 0.5) is 5.69 Å². The van der Waals surface area contributed by atoms with E-state index in [1.54, 1.807) is 18.5 Å². The van der Waals surface area contributed by atoms with Crippen LogP contribution in [0.3, 0.4) is 0 Å². The Kier molecular flexibility index (Phi) is 2.48. The number of sulfone groups is 1. The highest BCUT2D eigenvalue weighted by molar-refractivity contribution is 7.91. The molecule has 19 heavy (non-hydrogen) atoms. The van der Waals surface area contributed by atoms with E-state index >= 15 is 0 Å². The van der Waals surface area contributed by atoms with Gasteiger partial charge in [-0.2, -0.15) is 0 Å². The molecular weight excluding hydrogens is 286 g/mol. The number of aromatic nitrogens is 2. The fraction of sp³-hybridized carbons (Fsp3) is 0.0833. The molecule has 3 aromatic rings. The lowest BCUT2D eigenvalue weighted by molar-refractivity contribution is 0.602. The van der Waals surface area contributed by atoms with Crippen LogP contribution >= 0.6 is 11.6 Å². The largest absolute Gasteiger partial charge is 0.396 e. The van der Waals surface area contributed by atoms with Crippen LogP contribution in [-0.4, -0.2) is 24.6 Å². The molecule has 0 unspecified atom stereocenters. The zero-order valence-electron chi connectivity index (χ0n) is 9.94. The van der Waals surface area contributed by atoms with Crippen molar-refractivity contribution in [1.82, 2.24) is 9.97 Å². The van der Waals surface area contributed by atoms with E-state index in [0.29, 0.717) is 5.52 Å². The summed E-state index contributed by atoms with van der Waals surface area (Å²) < 4.78 is 23.5. The van der Waals surface area contributed by atoms with Gasteiger partial charge in [-0.15, -0.1) is 0 Å². The molecule has 0 amide bonds. The first kappa shape index (κ1) is 12.3. The molecule has 0 fully saturated rings. The maximum absolute atomic E-state index is 11.7. The SMILES string of the molecule is CS(=O)(=O)c1c(Cl)cc2c([nH]c3cnccc32)c1N. The van der Waals surface area contributed by atoms with Crippen molar-refractivity contribution in [3.05, 3.63) is 29.5 Å². The quantitative estimate of drug-likeness (QED) is 0.674. The normalized spacial score (nSPS) is 12.3. The molecule has 5 nitrogen and oxygen atoms in total. The highest BCUT2D eigenvalue weighted by Gasteiger charge is 2.20. The predicted molar refractivity (Wildman–Crippen MR) is 76.1 cm³/mol. The smallest absolute Gasteiger partial charge is 0.179 e. The Bertz CT molecular complexity index is 916. The van der Waals surface area contributed by atoms with Crippen molar-refractivity contribution in [1.29, 1.82) is 0 Å². The van der Waals surface area contributed by atoms with E-state index in [2.05, 4.69) is 9.97 Å². The van der Waals surface area contributed by atoms with Gasteiger partial charge in [-0.25, -0.2) is 8.42 Å². The molecule has 0 radical (unpaired) electrons. The monoisotopic (exact) mass is 295 g/mol. The van der Waals surface area contributed by atoms with Crippen molar-refractivity contribution in [3.8, 4) is 0 Å². The second kappa shape index (κ2) is 3.85. The molecule has 0 bridgehead atoms. The number of nitrogens with one attached hydrogen (secondary N) is 1. The van der Waals surface area contributed by atoms with Crippen LogP contribution in [0, 0.1) is 0 Å². The van der Waals surface area contributed by atoms with Gasteiger partial charge in [0.2, 0.25) is 0 Å². The molecule has 98 valence electrons. The molecule has 2 heterocycles. The van der Waals surface area contributed by atoms with Gasteiger partial charge < -0.3 is 10.7 Å². The molecule has 0 aliphatic carbocycles. The Morgan fingerprint density at radius 1 is 1.37 bits per heavy atom. The van der Waals surface area contributed by atoms with E-state index in [9.17, 15) is 8.42 Å². The first-order valence-corrected chi connectivity index (χ1v) is 7.70. The Balaban J connectivity index is 2.57. The zero-order valence-corrected chi connectivity index (χ0v) is 11.5. The Hall–Kier alpha value is -1.79. The third-order valence-corrected chi connectivity index (χ3v) is 4.60. The summed E-state index contributed by atoms with van der Waals surface area (Å²) in [4.78, 5) is 7.04. The molecule has 3 rings (SSSR count). The summed E-state index contributed by atoms with van der Waals surface area (Å²) in [7, 11) is -3.49. The molecule has 0 saturated heterocycles. The summed E-state index contributed by atoms with van der Waals surface area (Å²) >= 11 is 6.06. The number of halogens is 1. The molecule has 0 aliphatic heterocycles. The third kappa shape index (κ3) is 1.75. The van der Waals surface area contributed by atoms with Gasteiger partial charge in [-0.05, 0) is 12.1 Å². The molecular formula is C12H10ClN3O2S. The molecule has 0 saturated carbocycles. The van der Waals surface area contributed by atoms with Crippen molar-refractivity contribution >= 4 is 48.9 Å². The lowest BCUT2D eigenvalue weighted by Gasteiger charge is -2.07. The minimum atomic E-state index is -3.49. The average molecular weight is 296 g/mol. The van der Waals surface area contributed by atoms with E-state index in [1.165, 1.54) is 0 Å². The lowest BCUT2D eigenvalue weighted by atomic mass is 10.1. The number of nitrogens with zero attached hydrogens (tertiary/aromatic N) is 1. The maximum atomic E-state index is 11.7. The van der Waals surface area contributed by atoms with Crippen LogP contribution < -0.4 is 5.73 Å². The standard InChI is InChI=1S/C12H10ClN3O2S/c1-19(17,18)12-8(13)4-7-6-2-3-15-5-9(6)16-11(7)10(12)14/h2-5,16H,14H2,1H3. The number of H-pyrrole nitrogens is 1. The molecule has 0 aliphatic rings. The number of fused-ring (bicyclic) bond motifs is 3. The van der Waals surface area contributed by atoms with Crippen molar-refractivity contribution in [2.75, 3.05) is 12.0 Å². The fourth-order valence-electron chi connectivity index (χ4n) is 2.24. The van der Waals surface area contributed by atoms with Gasteiger partial charge in [0.25, 0.3) is 0 Å². The van der Waals surface area contributed by atoms with E-state index < -0.39 is 9.84 Å². The highest BCUT2D eigenvalue weighted by Crippen LogP contribution is 2.37. The number of benzene rings is 1. The van der Waals surface area contributed by atoms with Gasteiger partial charge in [-0.3, -0.25) is 4.98 Å². The second-order valence-electron chi connectivity index (χ2n) is 4.34. The molecule has 0 atom stereocenters. The number of pyridine rings is 1. The van der Waals surface area contributed by atoms with Gasteiger partial charge >= 0.3 is 0 Å². The minimum Gasteiger partial charge on any atom is -0.396 e. The second-order valence-corrected chi connectivity index (χ2v) is 6.70. The van der Waals surface area contributed by atoms with Crippen LogP contribution in [-0.2, 0) is 9.84 Å². The number of nitrogens with two attached hydrogens (primary N) is 1. The number of hydrogen-bond acceptors (Lipinski definition) is 4. The number of rotatable bonds is 1. The highest BCUT2D eigenvalue weighted by atomic mass is 35.5. The fourth-order valence-corrected chi connectivity index (χ4v) is 3.79. The topological polar surface area (TPSA) is 88.8 Å². The van der Waals surface area contributed by atoms with E-state index in [0.717, 1.165) is 22.5 Å². The van der Waals surface area contributed by atoms with Crippen LogP contribution in [0.25, 0.3) is 21.8 Å². The predicted octanol–water partition coefficient (Wildman–Crippen LogP) is 2.36. The first-order chi connectivity index (χ1) is 8.89. The Labute approximate surface area is 114 Å². The lowest BCUT2D eigenvalue weighted by Crippen LogP contribution is -2.04. The van der Waals surface area contributed by atoms with Crippen molar-refractivity contribution in [2.24, 2.45) is 0 Å². The first-order valence-electron chi connectivity index (χ1n) is 5.43. The summed E-state index contributed by atoms with van der Waals surface area (Å²) in [5, 5.41) is 1.82. The van der Waals surface area contributed by atoms with Gasteiger partial charge in [0, 0.05) is 23.2 Å². The van der Waals surface area contributed by atoms with Crippen LogP contribution in [0.1, 0.15) is 0 Å². The van der Waals surface area contributed by atoms with E-state index in [-0.39, 0.29) is 15.6 Å². The van der Waals surface area contributed by atoms with Crippen molar-refractivity contribution in [3.63, 3.8) is 0 Å². The summed E-state index contributed by atoms with van der Waals surface area (Å²) in [6.07, 6.45) is 4.40. The van der Waals surface area contributed by atoms with Gasteiger partial charge in [0.05, 0.1) is 27.9 Å². The number of nitrogen functional groups attached to an aromatic ring is 1.